The fraction of sp³-hybridized carbons (Fsp3) is 0.364. The van der Waals surface area contributed by atoms with Crippen molar-refractivity contribution in [3.05, 3.63) is 58.0 Å². The van der Waals surface area contributed by atoms with Crippen molar-refractivity contribution in [2.75, 3.05) is 32.3 Å². The summed E-state index contributed by atoms with van der Waals surface area (Å²) in [7, 11) is -1.99. The van der Waals surface area contributed by atoms with Crippen molar-refractivity contribution in [3.63, 3.8) is 0 Å². The summed E-state index contributed by atoms with van der Waals surface area (Å²) in [6.07, 6.45) is 1.11. The SMILES string of the molecule is CCOC(=O)c1ccc2[nH]c(=O)n([C@@H](CS(C)(=O)=O)c3ccc(OC)c(OCC)c3)c2c1. The third-order valence-electron chi connectivity index (χ3n) is 4.87. The van der Waals surface area contributed by atoms with Crippen LogP contribution < -0.4 is 15.2 Å². The van der Waals surface area contributed by atoms with Crippen LogP contribution in [-0.2, 0) is 14.6 Å². The summed E-state index contributed by atoms with van der Waals surface area (Å²) in [5, 5.41) is 0. The van der Waals surface area contributed by atoms with Gasteiger partial charge in [0, 0.05) is 6.26 Å². The van der Waals surface area contributed by atoms with Gasteiger partial charge in [-0.3, -0.25) is 4.57 Å². The van der Waals surface area contributed by atoms with Crippen LogP contribution in [0.5, 0.6) is 11.5 Å². The lowest BCUT2D eigenvalue weighted by Crippen LogP contribution is -2.28. The highest BCUT2D eigenvalue weighted by Gasteiger charge is 2.25. The number of rotatable bonds is 9. The number of methoxy groups -OCH3 is 1. The molecule has 32 heavy (non-hydrogen) atoms. The molecule has 0 radical (unpaired) electrons. The third-order valence-corrected chi connectivity index (χ3v) is 5.79. The largest absolute Gasteiger partial charge is 0.493 e. The van der Waals surface area contributed by atoms with Gasteiger partial charge in [-0.15, -0.1) is 0 Å². The Labute approximate surface area is 185 Å². The minimum Gasteiger partial charge on any atom is -0.493 e. The Balaban J connectivity index is 2.23. The van der Waals surface area contributed by atoms with Crippen molar-refractivity contribution in [2.45, 2.75) is 19.9 Å². The maximum Gasteiger partial charge on any atom is 0.338 e. The van der Waals surface area contributed by atoms with Gasteiger partial charge in [0.05, 0.1) is 48.7 Å². The van der Waals surface area contributed by atoms with E-state index >= 15 is 0 Å². The summed E-state index contributed by atoms with van der Waals surface area (Å²) in [6, 6.07) is 8.82. The summed E-state index contributed by atoms with van der Waals surface area (Å²) < 4.78 is 41.9. The number of esters is 1. The summed E-state index contributed by atoms with van der Waals surface area (Å²) in [6.45, 7) is 4.11. The highest BCUT2D eigenvalue weighted by atomic mass is 32.2. The highest BCUT2D eigenvalue weighted by Crippen LogP contribution is 2.33. The summed E-state index contributed by atoms with van der Waals surface area (Å²) in [4.78, 5) is 27.9. The van der Waals surface area contributed by atoms with Crippen LogP contribution in [-0.4, -0.2) is 56.3 Å². The lowest BCUT2D eigenvalue weighted by molar-refractivity contribution is 0.0526. The zero-order chi connectivity index (χ0) is 23.5. The second-order valence-electron chi connectivity index (χ2n) is 7.20. The molecule has 1 heterocycles. The van der Waals surface area contributed by atoms with E-state index in [1.165, 1.54) is 17.7 Å². The summed E-state index contributed by atoms with van der Waals surface area (Å²) in [5.74, 6) is 0.0644. The van der Waals surface area contributed by atoms with Gasteiger partial charge in [0.15, 0.2) is 11.5 Å². The first kappa shape index (κ1) is 23.4. The van der Waals surface area contributed by atoms with Gasteiger partial charge in [0.1, 0.15) is 9.84 Å². The molecule has 0 aliphatic heterocycles. The van der Waals surface area contributed by atoms with E-state index in [9.17, 15) is 18.0 Å². The average molecular weight is 463 g/mol. The molecule has 10 heteroatoms. The van der Waals surface area contributed by atoms with Gasteiger partial charge in [-0.2, -0.15) is 0 Å². The molecule has 0 saturated carbocycles. The molecule has 0 aliphatic rings. The molecule has 2 aromatic carbocycles. The monoisotopic (exact) mass is 462 g/mol. The molecular formula is C22H26N2O7S. The zero-order valence-corrected chi connectivity index (χ0v) is 19.2. The first-order chi connectivity index (χ1) is 15.2. The molecule has 0 unspecified atom stereocenters. The first-order valence-corrected chi connectivity index (χ1v) is 12.1. The molecule has 1 aromatic heterocycles. The Morgan fingerprint density at radius 1 is 1.09 bits per heavy atom. The molecule has 0 fully saturated rings. The van der Waals surface area contributed by atoms with E-state index in [2.05, 4.69) is 4.98 Å². The Hall–Kier alpha value is -3.27. The van der Waals surface area contributed by atoms with E-state index in [4.69, 9.17) is 14.2 Å². The number of carbonyl (C=O) groups is 1. The molecule has 0 spiro atoms. The van der Waals surface area contributed by atoms with Crippen molar-refractivity contribution < 1.29 is 27.4 Å². The maximum absolute atomic E-state index is 12.9. The maximum atomic E-state index is 12.9. The molecule has 0 bridgehead atoms. The minimum atomic E-state index is -3.50. The van der Waals surface area contributed by atoms with Crippen LogP contribution in [0, 0.1) is 0 Å². The van der Waals surface area contributed by atoms with Crippen molar-refractivity contribution in [1.82, 2.24) is 9.55 Å². The van der Waals surface area contributed by atoms with E-state index in [-0.39, 0.29) is 17.9 Å². The van der Waals surface area contributed by atoms with Crippen LogP contribution in [0.1, 0.15) is 35.8 Å². The number of nitrogens with one attached hydrogen (secondary N) is 1. The molecule has 1 N–H and O–H groups in total. The van der Waals surface area contributed by atoms with E-state index in [0.29, 0.717) is 34.7 Å². The molecule has 0 saturated heterocycles. The Morgan fingerprint density at radius 3 is 2.47 bits per heavy atom. The summed E-state index contributed by atoms with van der Waals surface area (Å²) in [5.41, 5.74) is 1.17. The number of sulfone groups is 1. The van der Waals surface area contributed by atoms with Crippen LogP contribution in [0.25, 0.3) is 11.0 Å². The molecule has 0 aliphatic carbocycles. The van der Waals surface area contributed by atoms with Gasteiger partial charge in [0.2, 0.25) is 0 Å². The average Bonchev–Trinajstić information content (AvgIpc) is 3.06. The van der Waals surface area contributed by atoms with Crippen molar-refractivity contribution in [2.24, 2.45) is 0 Å². The Bertz CT molecular complexity index is 1290. The van der Waals surface area contributed by atoms with Crippen LogP contribution in [0.3, 0.4) is 0 Å². The van der Waals surface area contributed by atoms with Crippen LogP contribution >= 0.6 is 0 Å². The predicted octanol–water partition coefficient (Wildman–Crippen LogP) is 2.55. The van der Waals surface area contributed by atoms with Gasteiger partial charge in [0.25, 0.3) is 0 Å². The smallest absolute Gasteiger partial charge is 0.338 e. The molecule has 9 nitrogen and oxygen atoms in total. The number of fused-ring (bicyclic) bond motifs is 1. The molecule has 172 valence electrons. The molecule has 1 atom stereocenters. The standard InChI is InChI=1S/C22H26N2O7S/c1-5-30-20-12-14(8-10-19(20)29-3)18(13-32(4,27)28)24-17-11-15(21(25)31-6-2)7-9-16(17)23-22(24)26/h7-12,18H,5-6,13H2,1-4H3,(H,23,26)/t18-/m0/s1. The molecule has 3 rings (SSSR count). The lowest BCUT2D eigenvalue weighted by atomic mass is 10.1. The zero-order valence-electron chi connectivity index (χ0n) is 18.4. The fourth-order valence-electron chi connectivity index (χ4n) is 3.55. The molecular weight excluding hydrogens is 436 g/mol. The van der Waals surface area contributed by atoms with Gasteiger partial charge < -0.3 is 19.2 Å². The third kappa shape index (κ3) is 4.96. The van der Waals surface area contributed by atoms with Crippen LogP contribution in [0.15, 0.2) is 41.2 Å². The molecule has 3 aromatic rings. The van der Waals surface area contributed by atoms with Gasteiger partial charge in [-0.05, 0) is 49.7 Å². The van der Waals surface area contributed by atoms with Gasteiger partial charge in [-0.25, -0.2) is 18.0 Å². The number of H-pyrrole nitrogens is 1. The van der Waals surface area contributed by atoms with Crippen molar-refractivity contribution in [3.8, 4) is 11.5 Å². The van der Waals surface area contributed by atoms with Crippen LogP contribution in [0.2, 0.25) is 0 Å². The van der Waals surface area contributed by atoms with Crippen molar-refractivity contribution >= 4 is 26.8 Å². The second-order valence-corrected chi connectivity index (χ2v) is 9.39. The lowest BCUT2D eigenvalue weighted by Gasteiger charge is -2.20. The summed E-state index contributed by atoms with van der Waals surface area (Å²) >= 11 is 0. The first-order valence-electron chi connectivity index (χ1n) is 10.1. The normalized spacial score (nSPS) is 12.5. The number of ether oxygens (including phenoxy) is 3. The highest BCUT2D eigenvalue weighted by molar-refractivity contribution is 7.90. The number of aromatic amines is 1. The fourth-order valence-corrected chi connectivity index (χ4v) is 4.46. The van der Waals surface area contributed by atoms with E-state index in [1.54, 1.807) is 37.3 Å². The van der Waals surface area contributed by atoms with E-state index in [0.717, 1.165) is 6.26 Å². The number of benzene rings is 2. The predicted molar refractivity (Wildman–Crippen MR) is 121 cm³/mol. The minimum absolute atomic E-state index is 0.208. The Kier molecular flexibility index (Phi) is 6.93. The van der Waals surface area contributed by atoms with Gasteiger partial charge in [-0.1, -0.05) is 6.07 Å². The number of aromatic nitrogens is 2. The quantitative estimate of drug-likeness (QED) is 0.486. The Morgan fingerprint density at radius 2 is 1.84 bits per heavy atom. The van der Waals surface area contributed by atoms with E-state index < -0.39 is 27.5 Å². The number of carbonyl (C=O) groups excluding carboxylic acids is 1. The topological polar surface area (TPSA) is 117 Å². The second kappa shape index (κ2) is 9.47. The number of hydrogen-bond acceptors (Lipinski definition) is 7. The van der Waals surface area contributed by atoms with Crippen LogP contribution in [0.4, 0.5) is 0 Å². The number of imidazole rings is 1. The van der Waals surface area contributed by atoms with E-state index in [1.807, 2.05) is 6.92 Å². The van der Waals surface area contributed by atoms with Crippen molar-refractivity contribution in [1.29, 1.82) is 0 Å². The number of nitrogens with zero attached hydrogens (tertiary/aromatic N) is 1. The number of hydrogen-bond donors (Lipinski definition) is 1. The molecule has 0 amide bonds. The van der Waals surface area contributed by atoms with Gasteiger partial charge >= 0.3 is 11.7 Å².